The first kappa shape index (κ1) is 54.4. The van der Waals surface area contributed by atoms with Crippen LogP contribution in [0, 0.1) is 64.1 Å². The summed E-state index contributed by atoms with van der Waals surface area (Å²) in [5.41, 5.74) is 2.68. The molecule has 0 bridgehead atoms. The van der Waals surface area contributed by atoms with Crippen molar-refractivity contribution < 1.29 is 18.9 Å². The fraction of sp³-hybridized carbons (Fsp3) is 0.902. The summed E-state index contributed by atoms with van der Waals surface area (Å²) < 4.78 is 25.6. The lowest BCUT2D eigenvalue weighted by Crippen LogP contribution is -2.51. The zero-order valence-corrected chi connectivity index (χ0v) is 44.6. The Labute approximate surface area is 409 Å². The monoisotopic (exact) mass is 918 g/mol. The van der Waals surface area contributed by atoms with Crippen LogP contribution in [0.4, 0.5) is 0 Å². The number of ether oxygens (including phenoxy) is 4. The van der Waals surface area contributed by atoms with E-state index in [9.17, 15) is 0 Å². The lowest BCUT2D eigenvalue weighted by molar-refractivity contribution is -0.0731. The molecule has 66 heavy (non-hydrogen) atoms. The SMILES string of the molecule is CCCCC/C=C\C/C=C\CCCCCCCCOCC(CN1CC2CCCC(C)C2C1)OCCOCCO[C@H]1CC[C@@]2(C)C(=CCC3C2CC[C@@]2(C)C3CC[C@@H]2[C@H](C)CCCC(C)C)C1. The molecule has 1 saturated heterocycles. The summed E-state index contributed by atoms with van der Waals surface area (Å²) in [5.74, 6) is 7.97. The molecule has 0 aromatic carbocycles. The molecule has 12 atom stereocenters. The van der Waals surface area contributed by atoms with Crippen LogP contribution < -0.4 is 0 Å². The standard InChI is InChI=1S/C61H107NO4/c1-8-9-10-11-12-13-14-15-16-17-18-19-20-21-22-23-38-64-47-54(45-62-44-51-29-25-27-49(4)56(51)46-62)66-42-40-63-39-41-65-53-34-36-60(6)52(43-53)30-31-55-58-33-32-57(50(5)28-24-26-48(2)3)61(58,7)37-35-59(55)60/h12-13,15-16,30,48-51,53-59H,8-11,14,17-29,31-47H2,1-7H3/b13-12-,16-15-/t49?,50-,51?,53+,54?,55?,56?,57-,58?,59?,60+,61-/m1/s1. The normalized spacial score (nSPS) is 33.3. The Kier molecular flexibility index (Phi) is 23.7. The average Bonchev–Trinajstić information content (AvgIpc) is 3.89. The van der Waals surface area contributed by atoms with Gasteiger partial charge in [0.05, 0.1) is 45.2 Å². The molecule has 1 heterocycles. The molecule has 0 aromatic heterocycles. The number of unbranched alkanes of at least 4 members (excludes halogenated alkanes) is 9. The quantitative estimate of drug-likeness (QED) is 0.0497. The lowest BCUT2D eigenvalue weighted by atomic mass is 9.47. The summed E-state index contributed by atoms with van der Waals surface area (Å²) in [6, 6.07) is 0. The van der Waals surface area contributed by atoms with Crippen molar-refractivity contribution in [2.75, 3.05) is 59.3 Å². The molecular formula is C61H107NO4. The number of allylic oxidation sites excluding steroid dienone is 5. The Hall–Kier alpha value is -0.980. The van der Waals surface area contributed by atoms with Crippen LogP contribution in [-0.2, 0) is 18.9 Å². The number of fused-ring (bicyclic) bond motifs is 6. The van der Waals surface area contributed by atoms with Crippen molar-refractivity contribution >= 4 is 0 Å². The second-order valence-corrected chi connectivity index (χ2v) is 24.3. The van der Waals surface area contributed by atoms with Gasteiger partial charge in [-0.1, -0.05) is 155 Å². The molecule has 0 spiro atoms. The van der Waals surface area contributed by atoms with Crippen molar-refractivity contribution in [3.8, 4) is 0 Å². The van der Waals surface area contributed by atoms with Crippen LogP contribution in [-0.4, -0.2) is 76.4 Å². The fourth-order valence-electron chi connectivity index (χ4n) is 15.3. The van der Waals surface area contributed by atoms with E-state index in [-0.39, 0.29) is 6.10 Å². The van der Waals surface area contributed by atoms with Gasteiger partial charge in [0, 0.05) is 26.2 Å². The Morgan fingerprint density at radius 2 is 1.48 bits per heavy atom. The van der Waals surface area contributed by atoms with Crippen LogP contribution in [0.1, 0.15) is 215 Å². The van der Waals surface area contributed by atoms with Crippen molar-refractivity contribution in [2.24, 2.45) is 64.1 Å². The van der Waals surface area contributed by atoms with Crippen molar-refractivity contribution in [3.05, 3.63) is 36.0 Å². The highest BCUT2D eigenvalue weighted by molar-refractivity contribution is 5.25. The van der Waals surface area contributed by atoms with Gasteiger partial charge >= 0.3 is 0 Å². The Morgan fingerprint density at radius 3 is 2.27 bits per heavy atom. The first-order chi connectivity index (χ1) is 32.1. The lowest BCUT2D eigenvalue weighted by Gasteiger charge is -2.58. The molecule has 5 heteroatoms. The Morgan fingerprint density at radius 1 is 0.712 bits per heavy atom. The zero-order chi connectivity index (χ0) is 46.6. The van der Waals surface area contributed by atoms with Crippen LogP contribution in [0.25, 0.3) is 0 Å². The number of likely N-dealkylation sites (tertiary alicyclic amines) is 1. The van der Waals surface area contributed by atoms with Crippen molar-refractivity contribution in [2.45, 2.75) is 228 Å². The van der Waals surface area contributed by atoms with E-state index in [0.29, 0.717) is 50.0 Å². The molecule has 7 unspecified atom stereocenters. The molecule has 4 saturated carbocycles. The number of rotatable bonds is 32. The highest BCUT2D eigenvalue weighted by Gasteiger charge is 2.59. The van der Waals surface area contributed by atoms with Gasteiger partial charge in [-0.3, -0.25) is 0 Å². The molecule has 5 aliphatic carbocycles. The molecule has 6 rings (SSSR count). The highest BCUT2D eigenvalue weighted by Crippen LogP contribution is 2.67. The van der Waals surface area contributed by atoms with E-state index in [0.717, 1.165) is 85.7 Å². The molecule has 1 aliphatic heterocycles. The Balaban J connectivity index is 0.839. The maximum absolute atomic E-state index is 6.56. The molecular weight excluding hydrogens is 811 g/mol. The second kappa shape index (κ2) is 28.8. The molecule has 5 fully saturated rings. The van der Waals surface area contributed by atoms with Gasteiger partial charge in [-0.05, 0) is 160 Å². The summed E-state index contributed by atoms with van der Waals surface area (Å²) in [6.45, 7) is 25.2. The summed E-state index contributed by atoms with van der Waals surface area (Å²) in [4.78, 5) is 2.70. The van der Waals surface area contributed by atoms with E-state index in [1.54, 1.807) is 5.57 Å². The maximum Gasteiger partial charge on any atom is 0.0936 e. The van der Waals surface area contributed by atoms with E-state index in [4.69, 9.17) is 18.9 Å². The second-order valence-electron chi connectivity index (χ2n) is 24.3. The van der Waals surface area contributed by atoms with Crippen LogP contribution in [0.5, 0.6) is 0 Å². The molecule has 0 aromatic rings. The first-order valence-corrected chi connectivity index (χ1v) is 29.2. The number of nitrogens with zero attached hydrogens (tertiary/aromatic N) is 1. The van der Waals surface area contributed by atoms with Crippen molar-refractivity contribution in [1.82, 2.24) is 4.90 Å². The summed E-state index contributed by atoms with van der Waals surface area (Å²) >= 11 is 0. The van der Waals surface area contributed by atoms with E-state index in [1.165, 1.54) is 161 Å². The molecule has 5 nitrogen and oxygen atoms in total. The van der Waals surface area contributed by atoms with Crippen LogP contribution >= 0.6 is 0 Å². The van der Waals surface area contributed by atoms with Gasteiger partial charge in [0.2, 0.25) is 0 Å². The van der Waals surface area contributed by atoms with E-state index in [1.807, 2.05) is 0 Å². The van der Waals surface area contributed by atoms with Crippen molar-refractivity contribution in [3.63, 3.8) is 0 Å². The summed E-state index contributed by atoms with van der Waals surface area (Å²) in [7, 11) is 0. The number of hydrogen-bond acceptors (Lipinski definition) is 5. The van der Waals surface area contributed by atoms with Gasteiger partial charge in [-0.2, -0.15) is 0 Å². The minimum atomic E-state index is 0.112. The van der Waals surface area contributed by atoms with E-state index in [2.05, 4.69) is 83.7 Å². The third-order valence-corrected chi connectivity index (χ3v) is 19.2. The van der Waals surface area contributed by atoms with E-state index >= 15 is 0 Å². The van der Waals surface area contributed by atoms with Gasteiger partial charge < -0.3 is 23.8 Å². The Bertz CT molecular complexity index is 1420. The molecule has 6 aliphatic rings. The van der Waals surface area contributed by atoms with Gasteiger partial charge in [-0.15, -0.1) is 0 Å². The van der Waals surface area contributed by atoms with E-state index < -0.39 is 0 Å². The minimum absolute atomic E-state index is 0.112. The smallest absolute Gasteiger partial charge is 0.0936 e. The first-order valence-electron chi connectivity index (χ1n) is 29.2. The highest BCUT2D eigenvalue weighted by atomic mass is 16.6. The largest absolute Gasteiger partial charge is 0.379 e. The van der Waals surface area contributed by atoms with Crippen molar-refractivity contribution in [1.29, 1.82) is 0 Å². The average molecular weight is 919 g/mol. The molecule has 0 radical (unpaired) electrons. The number of hydrogen-bond donors (Lipinski definition) is 0. The van der Waals surface area contributed by atoms with Crippen LogP contribution in [0.3, 0.4) is 0 Å². The molecule has 380 valence electrons. The van der Waals surface area contributed by atoms with Gasteiger partial charge in [-0.25, -0.2) is 0 Å². The van der Waals surface area contributed by atoms with Gasteiger partial charge in [0.15, 0.2) is 0 Å². The third-order valence-electron chi connectivity index (χ3n) is 19.2. The van der Waals surface area contributed by atoms with Crippen LogP contribution in [0.2, 0.25) is 0 Å². The molecule has 0 amide bonds. The third kappa shape index (κ3) is 16.0. The summed E-state index contributed by atoms with van der Waals surface area (Å²) in [5, 5.41) is 0. The molecule has 0 N–H and O–H groups in total. The predicted octanol–water partition coefficient (Wildman–Crippen LogP) is 16.0. The maximum atomic E-state index is 6.56. The van der Waals surface area contributed by atoms with Gasteiger partial charge in [0.25, 0.3) is 0 Å². The predicted molar refractivity (Wildman–Crippen MR) is 280 cm³/mol. The topological polar surface area (TPSA) is 40.2 Å². The minimum Gasteiger partial charge on any atom is -0.379 e. The van der Waals surface area contributed by atoms with Crippen LogP contribution in [0.15, 0.2) is 36.0 Å². The van der Waals surface area contributed by atoms with Gasteiger partial charge in [0.1, 0.15) is 0 Å². The zero-order valence-electron chi connectivity index (χ0n) is 44.6. The fourth-order valence-corrected chi connectivity index (χ4v) is 15.3. The summed E-state index contributed by atoms with van der Waals surface area (Å²) in [6.07, 6.45) is 47.2.